The zero-order valence-electron chi connectivity index (χ0n) is 17.6. The second kappa shape index (κ2) is 6.73. The number of carboxylic acid groups (broad SMARTS) is 1. The highest BCUT2D eigenvalue weighted by Gasteiger charge is 2.64. The van der Waals surface area contributed by atoms with Gasteiger partial charge >= 0.3 is 6.16 Å². The van der Waals surface area contributed by atoms with E-state index in [-0.39, 0.29) is 38.8 Å². The molecular weight excluding hydrogens is 388 g/mol. The van der Waals surface area contributed by atoms with Crippen LogP contribution in [0.25, 0.3) is 0 Å². The number of ketones is 1. The monoisotopic (exact) mass is 418 g/mol. The molecule has 0 radical (unpaired) electrons. The third kappa shape index (κ3) is 3.01. The minimum Gasteiger partial charge on any atom is -0.450 e. The van der Waals surface area contributed by atoms with Crippen LogP contribution in [0, 0.1) is 22.7 Å². The predicted octanol–water partition coefficient (Wildman–Crippen LogP) is 5.15. The van der Waals surface area contributed by atoms with Crippen molar-refractivity contribution in [1.82, 2.24) is 0 Å². The van der Waals surface area contributed by atoms with Gasteiger partial charge in [0.2, 0.25) is 0 Å². The molecule has 0 spiro atoms. The van der Waals surface area contributed by atoms with Gasteiger partial charge in [-0.05, 0) is 56.9 Å². The molecule has 0 heterocycles. The van der Waals surface area contributed by atoms with Crippen molar-refractivity contribution in [2.24, 2.45) is 22.7 Å². The van der Waals surface area contributed by atoms with Crippen molar-refractivity contribution >= 4 is 28.8 Å². The summed E-state index contributed by atoms with van der Waals surface area (Å²) in [6.07, 6.45) is 7.41. The van der Waals surface area contributed by atoms with E-state index in [1.807, 2.05) is 13.0 Å². The second-order valence-corrected chi connectivity index (χ2v) is 11.3. The van der Waals surface area contributed by atoms with Crippen molar-refractivity contribution in [1.29, 1.82) is 0 Å². The minimum absolute atomic E-state index is 0.0841. The van der Waals surface area contributed by atoms with Crippen LogP contribution in [0.15, 0.2) is 23.3 Å². The van der Waals surface area contributed by atoms with Crippen molar-refractivity contribution in [3.63, 3.8) is 0 Å². The fraction of sp³-hybridized carbons (Fsp3) is 0.696. The van der Waals surface area contributed by atoms with Gasteiger partial charge in [0.25, 0.3) is 0 Å². The fourth-order valence-corrected chi connectivity index (χ4v) is 7.88. The molecule has 6 heteroatoms. The first-order valence-electron chi connectivity index (χ1n) is 10.5. The molecule has 2 unspecified atom stereocenters. The average Bonchev–Trinajstić information content (AvgIpc) is 2.86. The van der Waals surface area contributed by atoms with Gasteiger partial charge in [-0.25, -0.2) is 4.79 Å². The molecular formula is C23H30O5S. The zero-order chi connectivity index (χ0) is 21.2. The summed E-state index contributed by atoms with van der Waals surface area (Å²) in [6.45, 7) is 7.95. The average molecular weight is 419 g/mol. The summed E-state index contributed by atoms with van der Waals surface area (Å²) in [5, 5.41) is 9.52. The normalized spacial score (nSPS) is 43.4. The quantitative estimate of drug-likeness (QED) is 0.493. The Kier molecular flexibility index (Phi) is 4.80. The summed E-state index contributed by atoms with van der Waals surface area (Å²) in [5.74, 6) is 0.656. The summed E-state index contributed by atoms with van der Waals surface area (Å²) in [5.41, 5.74) is 1.39. The first-order chi connectivity index (χ1) is 13.5. The molecule has 0 aliphatic heterocycles. The third-order valence-corrected chi connectivity index (χ3v) is 9.60. The maximum atomic E-state index is 12.1. The lowest BCUT2D eigenvalue weighted by molar-refractivity contribution is -0.115. The Balaban J connectivity index is 1.81. The minimum atomic E-state index is -1.22. The van der Waals surface area contributed by atoms with E-state index in [0.717, 1.165) is 25.7 Å². The molecule has 0 amide bonds. The molecule has 0 aromatic rings. The fourth-order valence-electron chi connectivity index (χ4n) is 6.70. The summed E-state index contributed by atoms with van der Waals surface area (Å²) in [4.78, 5) is 35.6. The van der Waals surface area contributed by atoms with Crippen molar-refractivity contribution in [2.45, 2.75) is 77.1 Å². The molecule has 4 aliphatic rings. The number of allylic oxidation sites excluding steroid dienone is 4. The topological polar surface area (TPSA) is 80.7 Å². The maximum absolute atomic E-state index is 12.1. The van der Waals surface area contributed by atoms with Gasteiger partial charge in [-0.1, -0.05) is 42.8 Å². The molecule has 29 heavy (non-hydrogen) atoms. The molecule has 2 fully saturated rings. The van der Waals surface area contributed by atoms with E-state index in [1.54, 1.807) is 6.92 Å². The summed E-state index contributed by atoms with van der Waals surface area (Å²) < 4.78 is 5.47. The van der Waals surface area contributed by atoms with E-state index < -0.39 is 11.8 Å². The zero-order valence-corrected chi connectivity index (χ0v) is 18.4. The number of ether oxygens (including phenoxy) is 1. The Morgan fingerprint density at radius 3 is 2.62 bits per heavy atom. The van der Waals surface area contributed by atoms with Crippen LogP contribution in [0.1, 0.15) is 66.2 Å². The van der Waals surface area contributed by atoms with Gasteiger partial charge in [-0.15, -0.1) is 0 Å². The predicted molar refractivity (Wildman–Crippen MR) is 112 cm³/mol. The van der Waals surface area contributed by atoms with Gasteiger partial charge in [0, 0.05) is 29.4 Å². The lowest BCUT2D eigenvalue weighted by Crippen LogP contribution is -2.53. The van der Waals surface area contributed by atoms with Crippen molar-refractivity contribution < 1.29 is 24.2 Å². The Morgan fingerprint density at radius 1 is 1.24 bits per heavy atom. The maximum Gasteiger partial charge on any atom is 0.506 e. The number of thioether (sulfide) groups is 1. The molecule has 6 atom stereocenters. The van der Waals surface area contributed by atoms with Gasteiger partial charge < -0.3 is 9.84 Å². The molecule has 0 aromatic heterocycles. The van der Waals surface area contributed by atoms with Gasteiger partial charge in [0.1, 0.15) is 5.60 Å². The standard InChI is InChI=1S/C23H30O5S/c1-13(24)29-18-12-14-11-15(25)5-8-21(14,2)16-6-9-22(3)17(19(16)18)7-10-23(22,4)28-20(26)27/h6,11,17-19H,5,7-10,12H2,1-4H3,(H,26,27)/t17?,18-,19?,21+,22+,23+/m1/s1. The number of carbonyl (C=O) groups is 3. The van der Waals surface area contributed by atoms with Crippen LogP contribution in [-0.2, 0) is 14.3 Å². The molecule has 0 aromatic carbocycles. The lowest BCUT2D eigenvalue weighted by Gasteiger charge is -2.56. The number of hydrogen-bond donors (Lipinski definition) is 1. The molecule has 0 bridgehead atoms. The third-order valence-electron chi connectivity index (χ3n) is 8.50. The van der Waals surface area contributed by atoms with Crippen molar-refractivity contribution in [2.75, 3.05) is 0 Å². The molecule has 158 valence electrons. The highest BCUT2D eigenvalue weighted by molar-refractivity contribution is 8.14. The van der Waals surface area contributed by atoms with Crippen LogP contribution in [0.3, 0.4) is 0 Å². The van der Waals surface area contributed by atoms with E-state index in [4.69, 9.17) is 4.74 Å². The summed E-state index contributed by atoms with van der Waals surface area (Å²) in [6, 6.07) is 0. The Labute approximate surface area is 176 Å². The SMILES string of the molecule is CC(=O)S[C@@H]1CC2=CC(=O)CC[C@]2(C)C2=CC[C@@]3(C)C(CC[C@]3(C)OC(=O)O)C21. The van der Waals surface area contributed by atoms with Crippen LogP contribution in [0.5, 0.6) is 0 Å². The van der Waals surface area contributed by atoms with Crippen LogP contribution in [0.4, 0.5) is 4.79 Å². The summed E-state index contributed by atoms with van der Waals surface area (Å²) >= 11 is 1.39. The van der Waals surface area contributed by atoms with Crippen LogP contribution >= 0.6 is 11.8 Å². The van der Waals surface area contributed by atoms with Crippen LogP contribution in [-0.4, -0.2) is 33.0 Å². The highest BCUT2D eigenvalue weighted by Crippen LogP contribution is 2.67. The van der Waals surface area contributed by atoms with Crippen LogP contribution in [0.2, 0.25) is 0 Å². The van der Waals surface area contributed by atoms with Gasteiger partial charge in [0.15, 0.2) is 10.9 Å². The first-order valence-corrected chi connectivity index (χ1v) is 11.4. The van der Waals surface area contributed by atoms with E-state index in [9.17, 15) is 19.5 Å². The second-order valence-electron chi connectivity index (χ2n) is 9.87. The number of fused-ring (bicyclic) bond motifs is 5. The van der Waals surface area contributed by atoms with Crippen LogP contribution < -0.4 is 0 Å². The Bertz CT molecular complexity index is 844. The number of carbonyl (C=O) groups excluding carboxylic acids is 2. The smallest absolute Gasteiger partial charge is 0.450 e. The number of hydrogen-bond acceptors (Lipinski definition) is 5. The lowest BCUT2D eigenvalue weighted by atomic mass is 9.50. The van der Waals surface area contributed by atoms with Gasteiger partial charge in [0.05, 0.1) is 0 Å². The van der Waals surface area contributed by atoms with E-state index >= 15 is 0 Å². The van der Waals surface area contributed by atoms with Gasteiger partial charge in [-0.2, -0.15) is 0 Å². The van der Waals surface area contributed by atoms with Crippen molar-refractivity contribution in [3.8, 4) is 0 Å². The van der Waals surface area contributed by atoms with E-state index in [0.29, 0.717) is 12.8 Å². The molecule has 4 rings (SSSR count). The molecule has 5 nitrogen and oxygen atoms in total. The number of rotatable bonds is 2. The largest absolute Gasteiger partial charge is 0.506 e. The summed E-state index contributed by atoms with van der Waals surface area (Å²) in [7, 11) is 0. The van der Waals surface area contributed by atoms with E-state index in [2.05, 4.69) is 19.9 Å². The highest BCUT2D eigenvalue weighted by atomic mass is 32.2. The molecule has 4 aliphatic carbocycles. The van der Waals surface area contributed by atoms with Gasteiger partial charge in [-0.3, -0.25) is 9.59 Å². The molecule has 2 saturated carbocycles. The molecule has 1 N–H and O–H groups in total. The Hall–Kier alpha value is -1.56. The molecule has 0 saturated heterocycles. The Morgan fingerprint density at radius 2 is 1.97 bits per heavy atom. The van der Waals surface area contributed by atoms with E-state index in [1.165, 1.54) is 22.9 Å². The van der Waals surface area contributed by atoms with Crippen molar-refractivity contribution in [3.05, 3.63) is 23.3 Å². The first kappa shape index (κ1) is 20.7.